The third-order valence-corrected chi connectivity index (χ3v) is 14.1. The average molecular weight is 1090 g/mol. The number of phenolic OH excluding ortho intramolecular Hbond substituents is 4. The van der Waals surface area contributed by atoms with Gasteiger partial charge in [0.2, 0.25) is 0 Å². The zero-order valence-electron chi connectivity index (χ0n) is 47.4. The van der Waals surface area contributed by atoms with Gasteiger partial charge in [0.15, 0.2) is 0 Å². The van der Waals surface area contributed by atoms with Crippen LogP contribution in [0.3, 0.4) is 0 Å². The van der Waals surface area contributed by atoms with E-state index in [4.69, 9.17) is 18.9 Å². The first-order valence-corrected chi connectivity index (χ1v) is 26.7. The second kappa shape index (κ2) is 19.6. The molecule has 8 aromatic carbocycles. The number of ether oxygens (including phenoxy) is 4. The smallest absolute Gasteiger partial charge is 0.342 e. The molecule has 0 fully saturated rings. The predicted molar refractivity (Wildman–Crippen MR) is 312 cm³/mol. The van der Waals surface area contributed by atoms with Gasteiger partial charge >= 0.3 is 23.9 Å². The molecular weight excluding hydrogens is 1020 g/mol. The Morgan fingerprint density at radius 3 is 0.642 bits per heavy atom. The Hall–Kier alpha value is -9.16. The Morgan fingerprint density at radius 2 is 0.457 bits per heavy atom. The Labute approximate surface area is 471 Å². The van der Waals surface area contributed by atoms with E-state index < -0.39 is 51.7 Å². The lowest BCUT2D eigenvalue weighted by Gasteiger charge is -2.32. The largest absolute Gasteiger partial charge is 0.507 e. The molecule has 4 N–H and O–H groups in total. The van der Waals surface area contributed by atoms with Crippen LogP contribution in [0.5, 0.6) is 23.0 Å². The van der Waals surface area contributed by atoms with Gasteiger partial charge in [0.25, 0.3) is 0 Å². The molecule has 8 aromatic rings. The Balaban J connectivity index is 1.27. The number of carbonyl (C=O) groups excluding carboxylic acids is 4. The third-order valence-electron chi connectivity index (χ3n) is 14.1. The van der Waals surface area contributed by atoms with Crippen molar-refractivity contribution in [3.63, 3.8) is 0 Å². The molecule has 12 nitrogen and oxygen atoms in total. The highest BCUT2D eigenvalue weighted by Gasteiger charge is 2.52. The van der Waals surface area contributed by atoms with Crippen LogP contribution in [0, 0.1) is 0 Å². The van der Waals surface area contributed by atoms with E-state index in [0.717, 1.165) is 66.8 Å². The molecule has 0 amide bonds. The molecule has 0 aliphatic heterocycles. The summed E-state index contributed by atoms with van der Waals surface area (Å²) in [6.45, 7) is 21.1. The van der Waals surface area contributed by atoms with E-state index in [9.17, 15) is 39.6 Å². The van der Waals surface area contributed by atoms with Gasteiger partial charge in [-0.2, -0.15) is 0 Å². The van der Waals surface area contributed by atoms with Crippen molar-refractivity contribution in [1.82, 2.24) is 0 Å². The Bertz CT molecular complexity index is 3430. The van der Waals surface area contributed by atoms with Gasteiger partial charge in [-0.05, 0) is 245 Å². The summed E-state index contributed by atoms with van der Waals surface area (Å²) in [7, 11) is 0. The summed E-state index contributed by atoms with van der Waals surface area (Å²) in [5.41, 5.74) is 7.79. The minimum Gasteiger partial charge on any atom is -0.507 e. The van der Waals surface area contributed by atoms with E-state index in [1.54, 1.807) is 132 Å². The number of carbonyl (C=O) groups is 4. The number of phenols is 4. The molecule has 2 aliphatic carbocycles. The van der Waals surface area contributed by atoms with Gasteiger partial charge in [0.1, 0.15) is 67.7 Å². The van der Waals surface area contributed by atoms with Crippen molar-refractivity contribution in [2.45, 2.75) is 111 Å². The zero-order chi connectivity index (χ0) is 58.5. The summed E-state index contributed by atoms with van der Waals surface area (Å²) in [5, 5.41) is 44.3. The van der Waals surface area contributed by atoms with E-state index in [0.29, 0.717) is 22.3 Å². The topological polar surface area (TPSA) is 186 Å². The first-order chi connectivity index (χ1) is 37.9. The monoisotopic (exact) mass is 1080 g/mol. The van der Waals surface area contributed by atoms with Crippen molar-refractivity contribution in [3.8, 4) is 89.8 Å². The summed E-state index contributed by atoms with van der Waals surface area (Å²) in [4.78, 5) is 54.6. The SMILES string of the molecule is CC(C)(C)OC(=O)c1cc(-c2ccc3c(c2)C2(c4cc(-c5ccc(O)c(C(=O)OC(C)(C)C)c5)ccc4-3)c3cc(-c4ccc(O)c(C(=O)OC(C)(C)C)c4)ccc3-c3ccc(-c4ccc(O)c(C(=O)OC(C)(C)C)c4)cc32)ccc1O. The number of hydrogen-bond acceptors (Lipinski definition) is 12. The molecule has 0 heterocycles. The highest BCUT2D eigenvalue weighted by atomic mass is 16.6. The molecular formula is C69H64O12. The normalized spacial score (nSPS) is 13.2. The van der Waals surface area contributed by atoms with Crippen LogP contribution in [-0.2, 0) is 24.4 Å². The second-order valence-electron chi connectivity index (χ2n) is 24.7. The molecule has 0 saturated carbocycles. The highest BCUT2D eigenvalue weighted by molar-refractivity contribution is 6.01. The van der Waals surface area contributed by atoms with Crippen LogP contribution in [-0.4, -0.2) is 66.7 Å². The Morgan fingerprint density at radius 1 is 0.284 bits per heavy atom. The van der Waals surface area contributed by atoms with Crippen LogP contribution in [0.15, 0.2) is 146 Å². The minimum absolute atomic E-state index is 0.00430. The van der Waals surface area contributed by atoms with E-state index in [1.807, 2.05) is 48.5 Å². The van der Waals surface area contributed by atoms with Crippen LogP contribution in [0.4, 0.5) is 0 Å². The molecule has 10 rings (SSSR count). The number of rotatable bonds is 8. The number of hydrogen-bond donors (Lipinski definition) is 4. The Kier molecular flexibility index (Phi) is 13.3. The molecule has 0 unspecified atom stereocenters. The summed E-state index contributed by atoms with van der Waals surface area (Å²) in [6.07, 6.45) is 0. The maximum absolute atomic E-state index is 13.6. The summed E-state index contributed by atoms with van der Waals surface area (Å²) < 4.78 is 22.9. The first kappa shape index (κ1) is 55.2. The van der Waals surface area contributed by atoms with Gasteiger partial charge in [-0.3, -0.25) is 0 Å². The standard InChI is InChI=1S/C69H64O12/c1-65(2,3)78-61(74)49-29-37(17-25-57(49)70)41-13-21-45-46-22-14-42(38-18-26-58(71)50(30-38)62(75)79-66(4,5)6)34-54(46)69(53(45)33-41)55-35-43(39-19-27-59(72)51(31-39)63(76)80-67(7,8)9)15-23-47(55)48-24-16-44(36-56(48)69)40-20-28-60(73)52(32-40)64(77)81-68(10,11)12/h13-36,70-73H,1-12H3. The van der Waals surface area contributed by atoms with Crippen molar-refractivity contribution in [2.75, 3.05) is 0 Å². The first-order valence-electron chi connectivity index (χ1n) is 26.7. The molecule has 0 bridgehead atoms. The van der Waals surface area contributed by atoms with Gasteiger partial charge in [-0.1, -0.05) is 72.8 Å². The van der Waals surface area contributed by atoms with Crippen molar-refractivity contribution in [3.05, 3.63) is 190 Å². The maximum Gasteiger partial charge on any atom is 0.342 e. The predicted octanol–water partition coefficient (Wildman–Crippen LogP) is 15.3. The van der Waals surface area contributed by atoms with Crippen LogP contribution in [0.25, 0.3) is 66.8 Å². The molecule has 12 heteroatoms. The summed E-state index contributed by atoms with van der Waals surface area (Å²) in [6, 6.07) is 43.9. The molecule has 81 heavy (non-hydrogen) atoms. The van der Waals surface area contributed by atoms with Crippen LogP contribution >= 0.6 is 0 Å². The fraction of sp³-hybridized carbons (Fsp3) is 0.246. The van der Waals surface area contributed by atoms with Gasteiger partial charge in [0, 0.05) is 0 Å². The average Bonchev–Trinajstić information content (AvgIpc) is 2.65. The van der Waals surface area contributed by atoms with Crippen molar-refractivity contribution in [1.29, 1.82) is 0 Å². The third kappa shape index (κ3) is 10.5. The minimum atomic E-state index is -1.18. The lowest BCUT2D eigenvalue weighted by molar-refractivity contribution is 0.00538. The maximum atomic E-state index is 13.6. The summed E-state index contributed by atoms with van der Waals surface area (Å²) in [5.74, 6) is -3.68. The van der Waals surface area contributed by atoms with E-state index in [2.05, 4.69) is 24.3 Å². The molecule has 0 saturated heterocycles. The fourth-order valence-corrected chi connectivity index (χ4v) is 10.8. The van der Waals surface area contributed by atoms with Crippen molar-refractivity contribution in [2.24, 2.45) is 0 Å². The molecule has 0 radical (unpaired) electrons. The van der Waals surface area contributed by atoms with E-state index >= 15 is 0 Å². The molecule has 0 atom stereocenters. The van der Waals surface area contributed by atoms with Crippen molar-refractivity contribution >= 4 is 23.9 Å². The number of aromatic hydroxyl groups is 4. The van der Waals surface area contributed by atoms with Gasteiger partial charge in [-0.15, -0.1) is 0 Å². The number of esters is 4. The van der Waals surface area contributed by atoms with Gasteiger partial charge < -0.3 is 39.4 Å². The van der Waals surface area contributed by atoms with Crippen LogP contribution < -0.4 is 0 Å². The van der Waals surface area contributed by atoms with E-state index in [1.165, 1.54) is 24.3 Å². The lowest BCUT2D eigenvalue weighted by Crippen LogP contribution is -2.26. The fourth-order valence-electron chi connectivity index (χ4n) is 10.8. The molecule has 2 aliphatic rings. The molecule has 0 aromatic heterocycles. The molecule has 412 valence electrons. The van der Waals surface area contributed by atoms with Crippen molar-refractivity contribution < 1.29 is 58.6 Å². The quantitative estimate of drug-likeness (QED) is 0.0835. The molecule has 1 spiro atoms. The van der Waals surface area contributed by atoms with Gasteiger partial charge in [-0.25, -0.2) is 19.2 Å². The lowest BCUT2D eigenvalue weighted by atomic mass is 9.69. The summed E-state index contributed by atoms with van der Waals surface area (Å²) >= 11 is 0. The highest BCUT2D eigenvalue weighted by Crippen LogP contribution is 2.64. The van der Waals surface area contributed by atoms with Crippen LogP contribution in [0.1, 0.15) is 147 Å². The van der Waals surface area contributed by atoms with Gasteiger partial charge in [0.05, 0.1) is 5.41 Å². The number of fused-ring (bicyclic) bond motifs is 10. The number of benzene rings is 8. The van der Waals surface area contributed by atoms with E-state index in [-0.39, 0.29) is 45.3 Å². The zero-order valence-corrected chi connectivity index (χ0v) is 47.4. The second-order valence-corrected chi connectivity index (χ2v) is 24.7. The van der Waals surface area contributed by atoms with Crippen LogP contribution in [0.2, 0.25) is 0 Å².